The molecule has 2 aromatic rings. The Labute approximate surface area is 111 Å². The van der Waals surface area contributed by atoms with Gasteiger partial charge in [-0.25, -0.2) is 0 Å². The second-order valence-electron chi connectivity index (χ2n) is 5.08. The summed E-state index contributed by atoms with van der Waals surface area (Å²) in [6, 6.07) is 9.83. The fourth-order valence-electron chi connectivity index (χ4n) is 2.45. The summed E-state index contributed by atoms with van der Waals surface area (Å²) in [5.74, 6) is 0.452. The maximum atomic E-state index is 12.2. The Morgan fingerprint density at radius 3 is 3.00 bits per heavy atom. The molecule has 4 nitrogen and oxygen atoms in total. The third kappa shape index (κ3) is 2.69. The summed E-state index contributed by atoms with van der Waals surface area (Å²) >= 11 is 0. The zero-order valence-corrected chi connectivity index (χ0v) is 10.9. The van der Waals surface area contributed by atoms with E-state index in [0.29, 0.717) is 31.4 Å². The lowest BCUT2D eigenvalue weighted by Crippen LogP contribution is -2.48. The second kappa shape index (κ2) is 5.15. The molecule has 1 saturated heterocycles. The van der Waals surface area contributed by atoms with Gasteiger partial charge < -0.3 is 14.5 Å². The molecular formula is C15H17NO3. The molecule has 0 spiro atoms. The van der Waals surface area contributed by atoms with Crippen molar-refractivity contribution in [2.24, 2.45) is 0 Å². The number of para-hydroxylation sites is 1. The molecular weight excluding hydrogens is 242 g/mol. The molecule has 1 aliphatic heterocycles. The molecule has 2 unspecified atom stereocenters. The van der Waals surface area contributed by atoms with E-state index in [1.165, 1.54) is 0 Å². The van der Waals surface area contributed by atoms with Crippen LogP contribution in [0.2, 0.25) is 0 Å². The molecule has 0 bridgehead atoms. The van der Waals surface area contributed by atoms with E-state index in [-0.39, 0.29) is 11.8 Å². The monoisotopic (exact) mass is 259 g/mol. The number of nitrogens with one attached hydrogen (secondary N) is 1. The molecule has 1 aromatic carbocycles. The quantitative estimate of drug-likeness (QED) is 0.860. The number of hydrogen-bond donors (Lipinski definition) is 1. The van der Waals surface area contributed by atoms with E-state index in [1.807, 2.05) is 30.3 Å². The lowest BCUT2D eigenvalue weighted by atomic mass is 10.1. The summed E-state index contributed by atoms with van der Waals surface area (Å²) in [5.41, 5.74) is 0.757. The molecule has 1 aliphatic rings. The number of ether oxygens (including phenoxy) is 1. The maximum absolute atomic E-state index is 12.2. The Kier molecular flexibility index (Phi) is 3.36. The summed E-state index contributed by atoms with van der Waals surface area (Å²) in [6.45, 7) is 3.34. The lowest BCUT2D eigenvalue weighted by Gasteiger charge is -2.28. The van der Waals surface area contributed by atoms with Crippen LogP contribution in [0.5, 0.6) is 0 Å². The second-order valence-corrected chi connectivity index (χ2v) is 5.08. The third-order valence-electron chi connectivity index (χ3n) is 3.34. The van der Waals surface area contributed by atoms with E-state index in [4.69, 9.17) is 9.15 Å². The Morgan fingerprint density at radius 2 is 2.21 bits per heavy atom. The number of benzene rings is 1. The van der Waals surface area contributed by atoms with Crippen LogP contribution in [0.25, 0.3) is 11.0 Å². The normalized spacial score (nSPS) is 23.6. The van der Waals surface area contributed by atoms with Crippen LogP contribution in [0.3, 0.4) is 0 Å². The zero-order valence-electron chi connectivity index (χ0n) is 10.9. The first-order valence-electron chi connectivity index (χ1n) is 6.58. The number of Topliss-reactive ketones (excluding diaryl/α,β-unsaturated/α-hetero) is 1. The average molecular weight is 259 g/mol. The predicted molar refractivity (Wildman–Crippen MR) is 72.4 cm³/mol. The molecule has 3 rings (SSSR count). The van der Waals surface area contributed by atoms with Crippen molar-refractivity contribution in [3.8, 4) is 0 Å². The molecule has 1 aromatic heterocycles. The van der Waals surface area contributed by atoms with Gasteiger partial charge in [-0.15, -0.1) is 0 Å². The number of carbonyl (C=O) groups is 1. The smallest absolute Gasteiger partial charge is 0.199 e. The molecule has 0 radical (unpaired) electrons. The molecule has 2 atom stereocenters. The molecule has 100 valence electrons. The largest absolute Gasteiger partial charge is 0.453 e. The Balaban J connectivity index is 1.72. The van der Waals surface area contributed by atoms with Gasteiger partial charge >= 0.3 is 0 Å². The van der Waals surface area contributed by atoms with Crippen LogP contribution in [0.1, 0.15) is 23.9 Å². The van der Waals surface area contributed by atoms with Gasteiger partial charge in [-0.1, -0.05) is 18.2 Å². The topological polar surface area (TPSA) is 51.5 Å². The number of rotatable bonds is 3. The lowest BCUT2D eigenvalue weighted by molar-refractivity contribution is 0.0458. The van der Waals surface area contributed by atoms with Crippen LogP contribution in [-0.4, -0.2) is 31.1 Å². The standard InChI is InChI=1S/C15H17NO3/c1-10-8-18-9-12(16-10)7-13(17)15-6-11-4-2-3-5-14(11)19-15/h2-6,10,12,16H,7-9H2,1H3. The Hall–Kier alpha value is -1.65. The molecule has 0 amide bonds. The van der Waals surface area contributed by atoms with Crippen molar-refractivity contribution < 1.29 is 13.9 Å². The van der Waals surface area contributed by atoms with Crippen molar-refractivity contribution in [2.45, 2.75) is 25.4 Å². The van der Waals surface area contributed by atoms with Gasteiger partial charge in [0, 0.05) is 23.9 Å². The fraction of sp³-hybridized carbons (Fsp3) is 0.400. The van der Waals surface area contributed by atoms with Crippen molar-refractivity contribution in [1.82, 2.24) is 5.32 Å². The summed E-state index contributed by atoms with van der Waals surface area (Å²) in [4.78, 5) is 12.2. The van der Waals surface area contributed by atoms with Crippen LogP contribution in [0.4, 0.5) is 0 Å². The summed E-state index contributed by atoms with van der Waals surface area (Å²) in [5, 5.41) is 4.33. The van der Waals surface area contributed by atoms with Crippen LogP contribution in [-0.2, 0) is 4.74 Å². The van der Waals surface area contributed by atoms with Crippen molar-refractivity contribution in [2.75, 3.05) is 13.2 Å². The van der Waals surface area contributed by atoms with Gasteiger partial charge in [0.25, 0.3) is 0 Å². The van der Waals surface area contributed by atoms with Gasteiger partial charge in [-0.05, 0) is 19.1 Å². The summed E-state index contributed by atoms with van der Waals surface area (Å²) < 4.78 is 11.0. The van der Waals surface area contributed by atoms with Crippen LogP contribution in [0, 0.1) is 0 Å². The minimum Gasteiger partial charge on any atom is -0.453 e. The van der Waals surface area contributed by atoms with Crippen LogP contribution < -0.4 is 5.32 Å². The van der Waals surface area contributed by atoms with Crippen molar-refractivity contribution in [3.63, 3.8) is 0 Å². The molecule has 4 heteroatoms. The highest BCUT2D eigenvalue weighted by atomic mass is 16.5. The number of hydrogen-bond acceptors (Lipinski definition) is 4. The molecule has 1 fully saturated rings. The van der Waals surface area contributed by atoms with E-state index in [0.717, 1.165) is 11.0 Å². The van der Waals surface area contributed by atoms with Crippen molar-refractivity contribution in [1.29, 1.82) is 0 Å². The highest BCUT2D eigenvalue weighted by Gasteiger charge is 2.23. The van der Waals surface area contributed by atoms with Gasteiger partial charge in [0.2, 0.25) is 0 Å². The minimum atomic E-state index is 0.0198. The van der Waals surface area contributed by atoms with Gasteiger partial charge in [-0.3, -0.25) is 4.79 Å². The van der Waals surface area contributed by atoms with Crippen molar-refractivity contribution >= 4 is 16.8 Å². The summed E-state index contributed by atoms with van der Waals surface area (Å²) in [6.07, 6.45) is 0.407. The SMILES string of the molecule is CC1COCC(CC(=O)c2cc3ccccc3o2)N1. The first kappa shape index (κ1) is 12.4. The third-order valence-corrected chi connectivity index (χ3v) is 3.34. The molecule has 0 aliphatic carbocycles. The van der Waals surface area contributed by atoms with E-state index >= 15 is 0 Å². The van der Waals surface area contributed by atoms with Crippen LogP contribution >= 0.6 is 0 Å². The van der Waals surface area contributed by atoms with E-state index in [2.05, 4.69) is 12.2 Å². The molecule has 1 N–H and O–H groups in total. The fourth-order valence-corrected chi connectivity index (χ4v) is 2.45. The molecule has 0 saturated carbocycles. The molecule has 19 heavy (non-hydrogen) atoms. The maximum Gasteiger partial charge on any atom is 0.199 e. The Bertz CT molecular complexity index is 557. The van der Waals surface area contributed by atoms with Crippen LogP contribution in [0.15, 0.2) is 34.7 Å². The summed E-state index contributed by atoms with van der Waals surface area (Å²) in [7, 11) is 0. The van der Waals surface area contributed by atoms with Gasteiger partial charge in [-0.2, -0.15) is 0 Å². The zero-order chi connectivity index (χ0) is 13.2. The van der Waals surface area contributed by atoms with Gasteiger partial charge in [0.1, 0.15) is 5.58 Å². The highest BCUT2D eigenvalue weighted by Crippen LogP contribution is 2.20. The number of morpholine rings is 1. The minimum absolute atomic E-state index is 0.0198. The highest BCUT2D eigenvalue weighted by molar-refractivity contribution is 5.97. The average Bonchev–Trinajstić information content (AvgIpc) is 2.82. The van der Waals surface area contributed by atoms with E-state index in [1.54, 1.807) is 0 Å². The van der Waals surface area contributed by atoms with E-state index in [9.17, 15) is 4.79 Å². The van der Waals surface area contributed by atoms with Gasteiger partial charge in [0.15, 0.2) is 11.5 Å². The molecule has 2 heterocycles. The number of furan rings is 1. The first-order chi connectivity index (χ1) is 9.22. The number of fused-ring (bicyclic) bond motifs is 1. The number of carbonyl (C=O) groups excluding carboxylic acids is 1. The number of ketones is 1. The van der Waals surface area contributed by atoms with Crippen molar-refractivity contribution in [3.05, 3.63) is 36.1 Å². The predicted octanol–water partition coefficient (Wildman–Crippen LogP) is 2.38. The first-order valence-corrected chi connectivity index (χ1v) is 6.58. The van der Waals surface area contributed by atoms with E-state index < -0.39 is 0 Å². The Morgan fingerprint density at radius 1 is 1.37 bits per heavy atom. The van der Waals surface area contributed by atoms with Gasteiger partial charge in [0.05, 0.1) is 13.2 Å².